The summed E-state index contributed by atoms with van der Waals surface area (Å²) in [7, 11) is -3.68. The molecule has 1 saturated carbocycles. The van der Waals surface area contributed by atoms with Gasteiger partial charge in [0, 0.05) is 18.2 Å². The standard InChI is InChI=1S/C13H16N2O3S/c1-8-6-11(8)13(16)15-5-4-9-7-10(19(14,17)18)2-3-12(9)15/h2-3,7-8,11H,4-6H2,1H3,(H2,14,17,18). The molecule has 102 valence electrons. The molecule has 0 saturated heterocycles. The highest BCUT2D eigenvalue weighted by Crippen LogP contribution is 2.41. The van der Waals surface area contributed by atoms with E-state index in [9.17, 15) is 13.2 Å². The molecule has 5 nitrogen and oxygen atoms in total. The van der Waals surface area contributed by atoms with Crippen molar-refractivity contribution < 1.29 is 13.2 Å². The Bertz CT molecular complexity index is 654. The van der Waals surface area contributed by atoms with Crippen molar-refractivity contribution in [2.45, 2.75) is 24.7 Å². The predicted molar refractivity (Wildman–Crippen MR) is 71.1 cm³/mol. The smallest absolute Gasteiger partial charge is 0.238 e. The Hall–Kier alpha value is -1.40. The summed E-state index contributed by atoms with van der Waals surface area (Å²) in [5.41, 5.74) is 1.71. The molecule has 1 amide bonds. The number of amides is 1. The summed E-state index contributed by atoms with van der Waals surface area (Å²) in [5, 5.41) is 5.11. The van der Waals surface area contributed by atoms with Crippen LogP contribution in [0.15, 0.2) is 23.1 Å². The van der Waals surface area contributed by atoms with Crippen molar-refractivity contribution in [3.8, 4) is 0 Å². The Balaban J connectivity index is 1.92. The van der Waals surface area contributed by atoms with Gasteiger partial charge in [-0.1, -0.05) is 6.92 Å². The summed E-state index contributed by atoms with van der Waals surface area (Å²) in [5.74, 6) is 0.777. The van der Waals surface area contributed by atoms with Gasteiger partial charge >= 0.3 is 0 Å². The first-order valence-corrected chi connectivity index (χ1v) is 7.89. The van der Waals surface area contributed by atoms with Gasteiger partial charge in [0.2, 0.25) is 15.9 Å². The van der Waals surface area contributed by atoms with Gasteiger partial charge in [-0.15, -0.1) is 0 Å². The second-order valence-corrected chi connectivity index (χ2v) is 6.96. The molecule has 6 heteroatoms. The predicted octanol–water partition coefficient (Wildman–Crippen LogP) is 0.879. The zero-order valence-corrected chi connectivity index (χ0v) is 11.5. The van der Waals surface area contributed by atoms with Crippen molar-refractivity contribution in [1.29, 1.82) is 0 Å². The van der Waals surface area contributed by atoms with Crippen LogP contribution in [0.1, 0.15) is 18.9 Å². The second-order valence-electron chi connectivity index (χ2n) is 5.39. The van der Waals surface area contributed by atoms with E-state index in [1.165, 1.54) is 6.07 Å². The fraction of sp³-hybridized carbons (Fsp3) is 0.462. The van der Waals surface area contributed by atoms with Crippen molar-refractivity contribution in [3.05, 3.63) is 23.8 Å². The van der Waals surface area contributed by atoms with Crippen LogP contribution in [0.5, 0.6) is 0 Å². The van der Waals surface area contributed by atoms with Gasteiger partial charge in [0.15, 0.2) is 0 Å². The molecule has 1 aromatic rings. The number of rotatable bonds is 2. The van der Waals surface area contributed by atoms with Crippen molar-refractivity contribution in [2.24, 2.45) is 17.0 Å². The van der Waals surface area contributed by atoms with E-state index in [0.29, 0.717) is 18.9 Å². The van der Waals surface area contributed by atoms with Gasteiger partial charge in [0.05, 0.1) is 4.90 Å². The van der Waals surface area contributed by atoms with Crippen molar-refractivity contribution >= 4 is 21.6 Å². The van der Waals surface area contributed by atoms with Crippen LogP contribution in [-0.2, 0) is 21.2 Å². The maximum absolute atomic E-state index is 12.2. The third kappa shape index (κ3) is 2.15. The summed E-state index contributed by atoms with van der Waals surface area (Å²) in [4.78, 5) is 14.1. The van der Waals surface area contributed by atoms with Gasteiger partial charge in [0.1, 0.15) is 0 Å². The molecule has 2 atom stereocenters. The minimum absolute atomic E-state index is 0.111. The summed E-state index contributed by atoms with van der Waals surface area (Å²) in [6.45, 7) is 2.70. The quantitative estimate of drug-likeness (QED) is 0.873. The van der Waals surface area contributed by atoms with Crippen molar-refractivity contribution in [2.75, 3.05) is 11.4 Å². The second kappa shape index (κ2) is 4.05. The number of primary sulfonamides is 1. The Labute approximate surface area is 112 Å². The molecular weight excluding hydrogens is 264 g/mol. The summed E-state index contributed by atoms with van der Waals surface area (Å²) < 4.78 is 22.6. The lowest BCUT2D eigenvalue weighted by atomic mass is 10.2. The van der Waals surface area contributed by atoms with Gasteiger partial charge < -0.3 is 4.90 Å². The summed E-state index contributed by atoms with van der Waals surface area (Å²) in [6, 6.07) is 4.73. The largest absolute Gasteiger partial charge is 0.312 e. The first kappa shape index (κ1) is 12.6. The number of hydrogen-bond donors (Lipinski definition) is 1. The van der Waals surface area contributed by atoms with Crippen LogP contribution < -0.4 is 10.0 Å². The molecule has 2 aliphatic rings. The number of nitrogens with two attached hydrogens (primary N) is 1. The van der Waals surface area contributed by atoms with E-state index in [-0.39, 0.29) is 16.7 Å². The minimum Gasteiger partial charge on any atom is -0.312 e. The minimum atomic E-state index is -3.68. The molecule has 19 heavy (non-hydrogen) atoms. The van der Waals surface area contributed by atoms with E-state index >= 15 is 0 Å². The lowest BCUT2D eigenvalue weighted by Gasteiger charge is -2.17. The average Bonchev–Trinajstić information content (AvgIpc) is 2.91. The number of fused-ring (bicyclic) bond motifs is 1. The fourth-order valence-electron chi connectivity index (χ4n) is 2.65. The Morgan fingerprint density at radius 1 is 1.42 bits per heavy atom. The highest BCUT2D eigenvalue weighted by molar-refractivity contribution is 7.89. The molecule has 0 aromatic heterocycles. The average molecular weight is 280 g/mol. The van der Waals surface area contributed by atoms with Gasteiger partial charge in [-0.2, -0.15) is 0 Å². The Morgan fingerprint density at radius 2 is 2.11 bits per heavy atom. The third-order valence-corrected chi connectivity index (χ3v) is 4.88. The lowest BCUT2D eigenvalue weighted by molar-refractivity contribution is -0.119. The molecule has 0 radical (unpaired) electrons. The summed E-state index contributed by atoms with van der Waals surface area (Å²) >= 11 is 0. The molecule has 2 unspecified atom stereocenters. The van der Waals surface area contributed by atoms with E-state index in [1.807, 2.05) is 0 Å². The van der Waals surface area contributed by atoms with Crippen molar-refractivity contribution in [1.82, 2.24) is 0 Å². The molecule has 0 spiro atoms. The van der Waals surface area contributed by atoms with E-state index < -0.39 is 10.0 Å². The molecule has 0 bridgehead atoms. The first-order chi connectivity index (χ1) is 8.88. The molecule has 1 aromatic carbocycles. The van der Waals surface area contributed by atoms with Crippen LogP contribution in [0.2, 0.25) is 0 Å². The van der Waals surface area contributed by atoms with Crippen LogP contribution in [0.3, 0.4) is 0 Å². The monoisotopic (exact) mass is 280 g/mol. The Morgan fingerprint density at radius 3 is 2.68 bits per heavy atom. The van der Waals surface area contributed by atoms with Crippen LogP contribution in [0.4, 0.5) is 5.69 Å². The normalized spacial score (nSPS) is 25.3. The highest BCUT2D eigenvalue weighted by Gasteiger charge is 2.43. The molecule has 3 rings (SSSR count). The van der Waals surface area contributed by atoms with Gasteiger partial charge in [0.25, 0.3) is 0 Å². The van der Waals surface area contributed by atoms with Crippen molar-refractivity contribution in [3.63, 3.8) is 0 Å². The summed E-state index contributed by atoms with van der Waals surface area (Å²) in [6.07, 6.45) is 1.64. The number of benzene rings is 1. The van der Waals surface area contributed by atoms with E-state index in [2.05, 4.69) is 6.92 Å². The van der Waals surface area contributed by atoms with Gasteiger partial charge in [-0.25, -0.2) is 13.6 Å². The molecule has 1 heterocycles. The number of hydrogen-bond acceptors (Lipinski definition) is 3. The molecule has 1 aliphatic heterocycles. The lowest BCUT2D eigenvalue weighted by Crippen LogP contribution is -2.30. The van der Waals surface area contributed by atoms with Gasteiger partial charge in [-0.3, -0.25) is 4.79 Å². The topological polar surface area (TPSA) is 80.5 Å². The number of sulfonamides is 1. The maximum Gasteiger partial charge on any atom is 0.238 e. The maximum atomic E-state index is 12.2. The number of carbonyl (C=O) groups excluding carboxylic acids is 1. The SMILES string of the molecule is CC1CC1C(=O)N1CCc2cc(S(N)(=O)=O)ccc21. The van der Waals surface area contributed by atoms with Gasteiger partial charge in [-0.05, 0) is 42.5 Å². The molecule has 1 aliphatic carbocycles. The third-order valence-electron chi connectivity index (χ3n) is 3.97. The highest BCUT2D eigenvalue weighted by atomic mass is 32.2. The number of anilines is 1. The Kier molecular flexibility index (Phi) is 2.69. The molecular formula is C13H16N2O3S. The first-order valence-electron chi connectivity index (χ1n) is 6.35. The van der Waals surface area contributed by atoms with Crippen LogP contribution in [-0.4, -0.2) is 20.9 Å². The van der Waals surface area contributed by atoms with E-state index in [1.54, 1.807) is 17.0 Å². The van der Waals surface area contributed by atoms with Crippen LogP contribution >= 0.6 is 0 Å². The zero-order valence-electron chi connectivity index (χ0n) is 10.7. The number of carbonyl (C=O) groups is 1. The fourth-order valence-corrected chi connectivity index (χ4v) is 3.21. The number of nitrogens with zero attached hydrogens (tertiary/aromatic N) is 1. The molecule has 2 N–H and O–H groups in total. The van der Waals surface area contributed by atoms with Crippen LogP contribution in [0.25, 0.3) is 0 Å². The molecule has 1 fully saturated rings. The van der Waals surface area contributed by atoms with E-state index in [4.69, 9.17) is 5.14 Å². The van der Waals surface area contributed by atoms with Crippen LogP contribution in [0, 0.1) is 11.8 Å². The zero-order chi connectivity index (χ0) is 13.8. The van der Waals surface area contributed by atoms with E-state index in [0.717, 1.165) is 17.7 Å².